The molecule has 0 saturated carbocycles. The quantitative estimate of drug-likeness (QED) is 0.428. The van der Waals surface area contributed by atoms with E-state index in [2.05, 4.69) is 15.5 Å². The van der Waals surface area contributed by atoms with Crippen molar-refractivity contribution in [3.05, 3.63) is 86.8 Å². The number of hydrogen-bond donors (Lipinski definition) is 1. The van der Waals surface area contributed by atoms with E-state index in [-0.39, 0.29) is 36.7 Å². The second kappa shape index (κ2) is 10.0. The Labute approximate surface area is 192 Å². The molecule has 1 aromatic carbocycles. The maximum Gasteiger partial charge on any atom is 0.267 e. The van der Waals surface area contributed by atoms with Gasteiger partial charge >= 0.3 is 0 Å². The van der Waals surface area contributed by atoms with E-state index in [1.54, 1.807) is 31.4 Å². The van der Waals surface area contributed by atoms with Crippen LogP contribution in [0.4, 0.5) is 0 Å². The highest BCUT2D eigenvalue weighted by molar-refractivity contribution is 7.13. The van der Waals surface area contributed by atoms with Crippen LogP contribution in [0.15, 0.2) is 75.6 Å². The van der Waals surface area contributed by atoms with Crippen LogP contribution in [-0.2, 0) is 17.9 Å². The molecule has 3 aromatic heterocycles. The maximum atomic E-state index is 12.4. The number of amides is 1. The number of rotatable bonds is 8. The van der Waals surface area contributed by atoms with Crippen LogP contribution >= 0.6 is 11.3 Å². The summed E-state index contributed by atoms with van der Waals surface area (Å²) in [6.45, 7) is 0.158. The third-order valence-electron chi connectivity index (χ3n) is 4.83. The molecule has 9 nitrogen and oxygen atoms in total. The Kier molecular flexibility index (Phi) is 6.75. The van der Waals surface area contributed by atoms with E-state index in [0.29, 0.717) is 17.1 Å². The minimum absolute atomic E-state index is 0.187. The molecule has 0 fully saturated rings. The van der Waals surface area contributed by atoms with E-state index in [1.807, 2.05) is 29.6 Å². The molecule has 0 saturated heterocycles. The fraction of sp³-hybridized carbons (Fsp3) is 0.174. The van der Waals surface area contributed by atoms with E-state index in [4.69, 9.17) is 4.74 Å². The lowest BCUT2D eigenvalue weighted by Gasteiger charge is -2.10. The maximum absolute atomic E-state index is 12.4. The van der Waals surface area contributed by atoms with Crippen molar-refractivity contribution < 1.29 is 9.53 Å². The first-order valence-corrected chi connectivity index (χ1v) is 11.0. The van der Waals surface area contributed by atoms with Crippen molar-refractivity contribution >= 4 is 17.2 Å². The summed E-state index contributed by atoms with van der Waals surface area (Å²) >= 11 is 1.53. The van der Waals surface area contributed by atoms with E-state index in [9.17, 15) is 14.4 Å². The Morgan fingerprint density at radius 2 is 1.64 bits per heavy atom. The van der Waals surface area contributed by atoms with Crippen LogP contribution in [0.25, 0.3) is 21.8 Å². The second-order valence-electron chi connectivity index (χ2n) is 7.05. The smallest absolute Gasteiger partial charge is 0.267 e. The summed E-state index contributed by atoms with van der Waals surface area (Å²) in [6, 6.07) is 17.2. The van der Waals surface area contributed by atoms with Crippen molar-refractivity contribution in [3.8, 4) is 27.6 Å². The number of ether oxygens (including phenoxy) is 1. The molecule has 0 atom stereocenters. The molecule has 0 unspecified atom stereocenters. The number of thiophene rings is 1. The number of nitrogens with one attached hydrogen (secondary N) is 1. The molecule has 0 aliphatic rings. The molecule has 0 spiro atoms. The number of hydrogen-bond acceptors (Lipinski definition) is 7. The Bertz CT molecular complexity index is 1360. The molecular weight excluding hydrogens is 442 g/mol. The van der Waals surface area contributed by atoms with E-state index in [1.165, 1.54) is 28.2 Å². The second-order valence-corrected chi connectivity index (χ2v) is 8.00. The van der Waals surface area contributed by atoms with Crippen LogP contribution < -0.4 is 21.2 Å². The molecule has 4 aromatic rings. The van der Waals surface area contributed by atoms with Crippen LogP contribution in [0.1, 0.15) is 0 Å². The van der Waals surface area contributed by atoms with E-state index < -0.39 is 0 Å². The third-order valence-corrected chi connectivity index (χ3v) is 5.72. The summed E-state index contributed by atoms with van der Waals surface area (Å²) in [5, 5.41) is 13.3. The number of benzene rings is 1. The lowest BCUT2D eigenvalue weighted by Crippen LogP contribution is -2.36. The lowest BCUT2D eigenvalue weighted by atomic mass is 10.1. The van der Waals surface area contributed by atoms with Gasteiger partial charge in [-0.1, -0.05) is 6.07 Å². The van der Waals surface area contributed by atoms with Gasteiger partial charge in [0.2, 0.25) is 5.91 Å². The summed E-state index contributed by atoms with van der Waals surface area (Å²) in [5.74, 6) is 0.319. The van der Waals surface area contributed by atoms with E-state index >= 15 is 0 Å². The van der Waals surface area contributed by atoms with Gasteiger partial charge in [-0.2, -0.15) is 10.2 Å². The highest BCUT2D eigenvalue weighted by atomic mass is 32.1. The molecule has 0 bridgehead atoms. The summed E-state index contributed by atoms with van der Waals surface area (Å²) < 4.78 is 7.57. The molecule has 3 heterocycles. The van der Waals surface area contributed by atoms with Crippen LogP contribution in [0.5, 0.6) is 5.75 Å². The normalized spacial score (nSPS) is 10.7. The van der Waals surface area contributed by atoms with Gasteiger partial charge in [0.05, 0.1) is 24.2 Å². The van der Waals surface area contributed by atoms with Gasteiger partial charge in [-0.25, -0.2) is 9.36 Å². The molecule has 0 radical (unpaired) electrons. The molecule has 168 valence electrons. The zero-order valence-electron chi connectivity index (χ0n) is 17.8. The average molecular weight is 464 g/mol. The molecule has 33 heavy (non-hydrogen) atoms. The molecule has 1 amide bonds. The van der Waals surface area contributed by atoms with Gasteiger partial charge in [0.1, 0.15) is 18.0 Å². The molecule has 1 N–H and O–H groups in total. The third kappa shape index (κ3) is 5.42. The Hall–Kier alpha value is -4.05. The van der Waals surface area contributed by atoms with Crippen molar-refractivity contribution in [1.29, 1.82) is 0 Å². The first-order chi connectivity index (χ1) is 16.0. The predicted octanol–water partition coefficient (Wildman–Crippen LogP) is 2.02. The zero-order valence-corrected chi connectivity index (χ0v) is 18.6. The minimum Gasteiger partial charge on any atom is -0.497 e. The first kappa shape index (κ1) is 22.2. The summed E-state index contributed by atoms with van der Waals surface area (Å²) in [5.41, 5.74) is 1.41. The van der Waals surface area contributed by atoms with Crippen molar-refractivity contribution in [2.75, 3.05) is 13.7 Å². The van der Waals surface area contributed by atoms with Crippen LogP contribution in [-0.4, -0.2) is 39.1 Å². The van der Waals surface area contributed by atoms with Gasteiger partial charge < -0.3 is 10.1 Å². The van der Waals surface area contributed by atoms with Gasteiger partial charge in [0, 0.05) is 24.2 Å². The van der Waals surface area contributed by atoms with Gasteiger partial charge in [0.15, 0.2) is 0 Å². The number of carbonyl (C=O) groups excluding carboxylic acids is 1. The Morgan fingerprint density at radius 3 is 2.33 bits per heavy atom. The van der Waals surface area contributed by atoms with Crippen LogP contribution in [0.3, 0.4) is 0 Å². The number of aromatic nitrogens is 4. The van der Waals surface area contributed by atoms with Gasteiger partial charge in [-0.3, -0.25) is 14.4 Å². The van der Waals surface area contributed by atoms with Crippen molar-refractivity contribution in [2.45, 2.75) is 13.1 Å². The molecule has 0 aliphatic heterocycles. The average Bonchev–Trinajstić information content (AvgIpc) is 3.37. The molecular formula is C23H21N5O4S. The topological polar surface area (TPSA) is 108 Å². The van der Waals surface area contributed by atoms with Crippen LogP contribution in [0.2, 0.25) is 0 Å². The molecule has 4 rings (SSSR count). The monoisotopic (exact) mass is 463 g/mol. The number of nitrogens with zero attached hydrogens (tertiary/aromatic N) is 4. The van der Waals surface area contributed by atoms with Crippen LogP contribution in [0, 0.1) is 0 Å². The fourth-order valence-corrected chi connectivity index (χ4v) is 3.83. The summed E-state index contributed by atoms with van der Waals surface area (Å²) in [4.78, 5) is 37.6. The highest BCUT2D eigenvalue weighted by Gasteiger charge is 2.09. The Morgan fingerprint density at radius 1 is 0.939 bits per heavy atom. The fourth-order valence-electron chi connectivity index (χ4n) is 3.14. The van der Waals surface area contributed by atoms with Gasteiger partial charge in [0.25, 0.3) is 11.1 Å². The molecule has 10 heteroatoms. The van der Waals surface area contributed by atoms with Crippen molar-refractivity contribution in [3.63, 3.8) is 0 Å². The first-order valence-electron chi connectivity index (χ1n) is 10.1. The highest BCUT2D eigenvalue weighted by Crippen LogP contribution is 2.21. The predicted molar refractivity (Wildman–Crippen MR) is 125 cm³/mol. The van der Waals surface area contributed by atoms with Crippen molar-refractivity contribution in [2.24, 2.45) is 0 Å². The number of carbonyl (C=O) groups is 1. The minimum atomic E-state index is -0.390. The lowest BCUT2D eigenvalue weighted by molar-refractivity contribution is -0.121. The van der Waals surface area contributed by atoms with Gasteiger partial charge in [-0.05, 0) is 47.8 Å². The molecule has 0 aliphatic carbocycles. The summed E-state index contributed by atoms with van der Waals surface area (Å²) in [6.07, 6.45) is 0. The standard InChI is InChI=1S/C23H21N5O4S/c1-32-17-6-4-16(5-7-17)18-8-10-23(31)28(25-18)15-21(29)24-12-13-27-22(30)11-9-19(26-27)20-3-2-14-33-20/h2-11,14H,12-13,15H2,1H3,(H,24,29). The largest absolute Gasteiger partial charge is 0.497 e. The van der Waals surface area contributed by atoms with Crippen molar-refractivity contribution in [1.82, 2.24) is 24.9 Å². The Balaban J connectivity index is 1.39. The number of methoxy groups -OCH3 is 1. The SMILES string of the molecule is COc1ccc(-c2ccc(=O)n(CC(=O)NCCn3nc(-c4cccs4)ccc3=O)n2)cc1. The zero-order chi connectivity index (χ0) is 23.2. The van der Waals surface area contributed by atoms with Gasteiger partial charge in [-0.15, -0.1) is 11.3 Å². The van der Waals surface area contributed by atoms with E-state index in [0.717, 1.165) is 15.1 Å². The summed E-state index contributed by atoms with van der Waals surface area (Å²) in [7, 11) is 1.58.